The van der Waals surface area contributed by atoms with Gasteiger partial charge in [-0.25, -0.2) is 43.2 Å². The lowest BCUT2D eigenvalue weighted by molar-refractivity contribution is -0.193. The third kappa shape index (κ3) is 12.0. The summed E-state index contributed by atoms with van der Waals surface area (Å²) in [7, 11) is -7.59. The maximum atomic E-state index is 13.1. The number of nitrogens with one attached hydrogen (secondary N) is 1. The Hall–Kier alpha value is -6.17. The molecule has 0 saturated carbocycles. The van der Waals surface area contributed by atoms with Gasteiger partial charge in [0, 0.05) is 61.5 Å². The summed E-state index contributed by atoms with van der Waals surface area (Å²) in [5.74, 6) is -6.48. The summed E-state index contributed by atoms with van der Waals surface area (Å²) in [6.07, 6.45) is -6.53. The number of piperazine rings is 1. The monoisotopic (exact) mass is 904 g/mol. The van der Waals surface area contributed by atoms with E-state index in [-0.39, 0.29) is 9.79 Å². The first kappa shape index (κ1) is 47.5. The van der Waals surface area contributed by atoms with Gasteiger partial charge in [0.25, 0.3) is 20.0 Å². The molecule has 13 nitrogen and oxygen atoms in total. The molecule has 2 aromatic heterocycles. The highest BCUT2D eigenvalue weighted by Gasteiger charge is 2.39. The fourth-order valence-corrected chi connectivity index (χ4v) is 8.28. The molecule has 1 fully saturated rings. The van der Waals surface area contributed by atoms with Gasteiger partial charge >= 0.3 is 24.3 Å². The number of fused-ring (bicyclic) bond motifs is 2. The molecule has 0 aliphatic carbocycles. The zero-order valence-corrected chi connectivity index (χ0v) is 32.6. The Morgan fingerprint density at radius 2 is 1.02 bits per heavy atom. The molecule has 4 aromatic carbocycles. The van der Waals surface area contributed by atoms with Crippen molar-refractivity contribution in [2.24, 2.45) is 0 Å². The highest BCUT2D eigenvalue weighted by molar-refractivity contribution is 7.90. The van der Waals surface area contributed by atoms with Crippen LogP contribution in [0.5, 0.6) is 0 Å². The van der Waals surface area contributed by atoms with Crippen molar-refractivity contribution in [1.29, 1.82) is 0 Å². The molecule has 7 rings (SSSR count). The van der Waals surface area contributed by atoms with Crippen LogP contribution in [0.3, 0.4) is 0 Å². The van der Waals surface area contributed by atoms with Crippen LogP contribution in [-0.2, 0) is 36.2 Å². The number of benzene rings is 4. The number of carbonyl (C=O) groups is 3. The Kier molecular flexibility index (Phi) is 15.2. The van der Waals surface area contributed by atoms with E-state index in [1.807, 2.05) is 18.2 Å². The van der Waals surface area contributed by atoms with Gasteiger partial charge in [0.15, 0.2) is 6.29 Å². The van der Waals surface area contributed by atoms with Gasteiger partial charge in [-0.1, -0.05) is 24.3 Å². The Bertz CT molecular complexity index is 2690. The van der Waals surface area contributed by atoms with Crippen molar-refractivity contribution in [2.45, 2.75) is 28.7 Å². The number of hydrogen-bond donors (Lipinski definition) is 3. The predicted molar refractivity (Wildman–Crippen MR) is 203 cm³/mol. The fraction of sp³-hybridized carbons (Fsp3) is 0.184. The maximum absolute atomic E-state index is 13.1. The number of aldehydes is 1. The van der Waals surface area contributed by atoms with Gasteiger partial charge in [0.05, 0.1) is 20.8 Å². The Balaban J connectivity index is 0.000000208. The zero-order chi connectivity index (χ0) is 45.3. The third-order valence-electron chi connectivity index (χ3n) is 8.47. The van der Waals surface area contributed by atoms with Crippen LogP contribution in [0.4, 0.5) is 35.1 Å². The molecule has 0 radical (unpaired) electrons. The molecule has 3 heterocycles. The maximum Gasteiger partial charge on any atom is 0.490 e. The van der Waals surface area contributed by atoms with Crippen LogP contribution in [-0.4, -0.2) is 96.6 Å². The van der Waals surface area contributed by atoms with Crippen LogP contribution in [0, 0.1) is 11.6 Å². The number of aromatic nitrogens is 2. The molecule has 326 valence electrons. The van der Waals surface area contributed by atoms with Crippen LogP contribution in [0.15, 0.2) is 119 Å². The Labute approximate surface area is 341 Å². The number of carboxylic acid groups (broad SMARTS) is 2. The van der Waals surface area contributed by atoms with E-state index in [4.69, 9.17) is 19.8 Å². The molecule has 0 amide bonds. The van der Waals surface area contributed by atoms with E-state index in [9.17, 15) is 56.8 Å². The van der Waals surface area contributed by atoms with Gasteiger partial charge < -0.3 is 15.5 Å². The summed E-state index contributed by atoms with van der Waals surface area (Å²) < 4.78 is 143. The normalized spacial score (nSPS) is 13.5. The average molecular weight is 905 g/mol. The third-order valence-corrected chi connectivity index (χ3v) is 11.9. The van der Waals surface area contributed by atoms with Crippen molar-refractivity contribution in [3.05, 3.63) is 132 Å². The summed E-state index contributed by atoms with van der Waals surface area (Å²) >= 11 is 0. The van der Waals surface area contributed by atoms with Gasteiger partial charge in [0.1, 0.15) is 11.6 Å². The quantitative estimate of drug-likeness (QED) is 0.117. The van der Waals surface area contributed by atoms with Gasteiger partial charge in [-0.3, -0.25) is 9.69 Å². The van der Waals surface area contributed by atoms with E-state index in [1.54, 1.807) is 36.5 Å². The average Bonchev–Trinajstić information content (AvgIpc) is 3.86. The van der Waals surface area contributed by atoms with Gasteiger partial charge in [-0.2, -0.15) is 26.3 Å². The van der Waals surface area contributed by atoms with Crippen molar-refractivity contribution in [2.75, 3.05) is 26.2 Å². The first-order chi connectivity index (χ1) is 28.5. The summed E-state index contributed by atoms with van der Waals surface area (Å²) in [4.78, 5) is 31.2. The summed E-state index contributed by atoms with van der Waals surface area (Å²) in [6, 6.07) is 23.5. The number of halogens is 8. The molecule has 0 bridgehead atoms. The zero-order valence-electron chi connectivity index (χ0n) is 30.9. The predicted octanol–water partition coefficient (Wildman–Crippen LogP) is 6.52. The molecule has 23 heteroatoms. The molecular weight excluding hydrogens is 873 g/mol. The number of carbonyl (C=O) groups excluding carboxylic acids is 1. The molecule has 61 heavy (non-hydrogen) atoms. The molecule has 0 atom stereocenters. The minimum Gasteiger partial charge on any atom is -0.475 e. The van der Waals surface area contributed by atoms with E-state index in [0.29, 0.717) is 28.3 Å². The Morgan fingerprint density at radius 1 is 0.623 bits per heavy atom. The topological polar surface area (TPSA) is 185 Å². The van der Waals surface area contributed by atoms with Gasteiger partial charge in [-0.15, -0.1) is 0 Å². The highest BCUT2D eigenvalue weighted by atomic mass is 32.2. The van der Waals surface area contributed by atoms with E-state index in [1.165, 1.54) is 34.4 Å². The van der Waals surface area contributed by atoms with E-state index in [2.05, 4.69) is 10.2 Å². The first-order valence-corrected chi connectivity index (χ1v) is 20.1. The van der Waals surface area contributed by atoms with Crippen LogP contribution >= 0.6 is 0 Å². The second kappa shape index (κ2) is 19.5. The minimum atomic E-state index is -5.08. The van der Waals surface area contributed by atoms with E-state index in [0.717, 1.165) is 71.9 Å². The standard InChI is InChI=1S/C19H20FN3O2S.C15H10FNO3S.2C2HF3O2/c20-16-4-6-17(7-5-16)26(24,25)23-11-8-18-15(2-1-3-19(18)23)14-22-12-9-21-10-13-22;16-12-4-6-13(7-5-12)21(19,20)17-9-8-14-11(10-18)2-1-3-15(14)17;2*3-2(4,5)1(6)7/h1-8,11,21H,9-10,12-14H2;1-10H;2*(H,6,7). The fourth-order valence-electron chi connectivity index (χ4n) is 5.58. The lowest BCUT2D eigenvalue weighted by Crippen LogP contribution is -2.42. The Morgan fingerprint density at radius 3 is 1.43 bits per heavy atom. The summed E-state index contributed by atoms with van der Waals surface area (Å²) in [5.41, 5.74) is 2.57. The molecule has 1 aliphatic rings. The van der Waals surface area contributed by atoms with Crippen molar-refractivity contribution < 1.29 is 76.6 Å². The summed E-state index contributed by atoms with van der Waals surface area (Å²) in [5, 5.41) is 19.1. The first-order valence-electron chi connectivity index (χ1n) is 17.2. The van der Waals surface area contributed by atoms with Crippen molar-refractivity contribution in [1.82, 2.24) is 18.2 Å². The number of nitrogens with zero attached hydrogens (tertiary/aromatic N) is 3. The number of hydrogen-bond acceptors (Lipinski definition) is 9. The second-order valence-corrected chi connectivity index (χ2v) is 16.2. The van der Waals surface area contributed by atoms with Crippen molar-refractivity contribution in [3.63, 3.8) is 0 Å². The minimum absolute atomic E-state index is 0.0158. The van der Waals surface area contributed by atoms with Crippen LogP contribution < -0.4 is 5.32 Å². The number of aliphatic carboxylic acids is 2. The molecule has 6 aromatic rings. The van der Waals surface area contributed by atoms with E-state index >= 15 is 0 Å². The largest absolute Gasteiger partial charge is 0.490 e. The van der Waals surface area contributed by atoms with Crippen LogP contribution in [0.25, 0.3) is 21.8 Å². The summed E-state index contributed by atoms with van der Waals surface area (Å²) in [6.45, 7) is 4.68. The van der Waals surface area contributed by atoms with Crippen molar-refractivity contribution >= 4 is 60.1 Å². The van der Waals surface area contributed by atoms with Crippen LogP contribution in [0.2, 0.25) is 0 Å². The second-order valence-electron chi connectivity index (χ2n) is 12.5. The van der Waals surface area contributed by atoms with Gasteiger partial charge in [-0.05, 0) is 78.4 Å². The molecule has 1 saturated heterocycles. The molecular formula is C38H32F8N4O9S2. The molecule has 1 aliphatic heterocycles. The number of carboxylic acids is 2. The van der Waals surface area contributed by atoms with Gasteiger partial charge in [0.2, 0.25) is 0 Å². The number of alkyl halides is 6. The molecule has 0 unspecified atom stereocenters. The van der Waals surface area contributed by atoms with E-state index < -0.39 is 56.0 Å². The SMILES string of the molecule is O=C(O)C(F)(F)F.O=C(O)C(F)(F)F.O=Cc1cccc2c1ccn2S(=O)(=O)c1ccc(F)cc1.O=S(=O)(c1ccc(F)cc1)n1ccc2c(CN3CCNCC3)cccc21. The molecule has 0 spiro atoms. The van der Waals surface area contributed by atoms with Crippen LogP contribution in [0.1, 0.15) is 15.9 Å². The smallest absolute Gasteiger partial charge is 0.475 e. The highest BCUT2D eigenvalue weighted by Crippen LogP contribution is 2.27. The number of rotatable bonds is 7. The lowest BCUT2D eigenvalue weighted by atomic mass is 10.1. The van der Waals surface area contributed by atoms with Crippen molar-refractivity contribution in [3.8, 4) is 0 Å². The molecule has 3 N–H and O–H groups in total. The lowest BCUT2D eigenvalue weighted by Gasteiger charge is -2.27.